The van der Waals surface area contributed by atoms with E-state index in [4.69, 9.17) is 4.42 Å². The quantitative estimate of drug-likeness (QED) is 0.210. The molecular formula is C40H25NOS. The van der Waals surface area contributed by atoms with E-state index >= 15 is 0 Å². The molecule has 0 atom stereocenters. The minimum atomic E-state index is 0.892. The Morgan fingerprint density at radius 2 is 1.07 bits per heavy atom. The summed E-state index contributed by atoms with van der Waals surface area (Å²) < 4.78 is 9.09. The van der Waals surface area contributed by atoms with Gasteiger partial charge in [0.1, 0.15) is 11.2 Å². The zero-order valence-corrected chi connectivity index (χ0v) is 24.0. The van der Waals surface area contributed by atoms with E-state index < -0.39 is 0 Å². The number of rotatable bonds is 4. The van der Waals surface area contributed by atoms with Gasteiger partial charge in [-0.2, -0.15) is 0 Å². The number of para-hydroxylation sites is 1. The van der Waals surface area contributed by atoms with Crippen LogP contribution in [-0.4, -0.2) is 0 Å². The largest absolute Gasteiger partial charge is 0.456 e. The lowest BCUT2D eigenvalue weighted by Gasteiger charge is -2.28. The highest BCUT2D eigenvalue weighted by molar-refractivity contribution is 7.26. The van der Waals surface area contributed by atoms with Gasteiger partial charge in [0.25, 0.3) is 0 Å². The lowest BCUT2D eigenvalue weighted by atomic mass is 9.99. The first-order valence-corrected chi connectivity index (χ1v) is 15.3. The Labute approximate surface area is 252 Å². The van der Waals surface area contributed by atoms with E-state index in [1.807, 2.05) is 17.4 Å². The number of fused-ring (bicyclic) bond motifs is 8. The number of hydrogen-bond donors (Lipinski definition) is 0. The number of thiophene rings is 1. The minimum absolute atomic E-state index is 0.892. The minimum Gasteiger partial charge on any atom is -0.456 e. The summed E-state index contributed by atoms with van der Waals surface area (Å²) in [6.45, 7) is 0. The molecule has 7 aromatic carbocycles. The van der Waals surface area contributed by atoms with Gasteiger partial charge in [-0.15, -0.1) is 11.3 Å². The second-order valence-electron chi connectivity index (χ2n) is 10.9. The lowest BCUT2D eigenvalue weighted by molar-refractivity contribution is 0.669. The van der Waals surface area contributed by atoms with Gasteiger partial charge in [-0.3, -0.25) is 0 Å². The molecule has 43 heavy (non-hydrogen) atoms. The van der Waals surface area contributed by atoms with Crippen molar-refractivity contribution in [1.82, 2.24) is 0 Å². The summed E-state index contributed by atoms with van der Waals surface area (Å²) in [7, 11) is 0. The molecule has 0 radical (unpaired) electrons. The molecule has 0 fully saturated rings. The molecule has 2 nitrogen and oxygen atoms in total. The van der Waals surface area contributed by atoms with E-state index in [2.05, 4.69) is 150 Å². The lowest BCUT2D eigenvalue weighted by Crippen LogP contribution is -2.11. The predicted octanol–water partition coefficient (Wildman–Crippen LogP) is 12.2. The van der Waals surface area contributed by atoms with Gasteiger partial charge in [-0.25, -0.2) is 0 Å². The van der Waals surface area contributed by atoms with Crippen LogP contribution in [0.5, 0.6) is 0 Å². The molecule has 0 aliphatic carbocycles. The van der Waals surface area contributed by atoms with Gasteiger partial charge in [0.15, 0.2) is 0 Å². The normalized spacial score (nSPS) is 11.7. The first-order valence-electron chi connectivity index (χ1n) is 14.5. The molecule has 0 spiro atoms. The van der Waals surface area contributed by atoms with Crippen LogP contribution in [0.3, 0.4) is 0 Å². The van der Waals surface area contributed by atoms with Crippen LogP contribution in [0.15, 0.2) is 156 Å². The van der Waals surface area contributed by atoms with Crippen molar-refractivity contribution >= 4 is 81.3 Å². The molecule has 0 aliphatic rings. The van der Waals surface area contributed by atoms with Crippen LogP contribution in [0, 0.1) is 0 Å². The summed E-state index contributed by atoms with van der Waals surface area (Å²) in [5.41, 5.74) is 7.55. The highest BCUT2D eigenvalue weighted by atomic mass is 32.1. The van der Waals surface area contributed by atoms with Crippen LogP contribution in [-0.2, 0) is 0 Å². The topological polar surface area (TPSA) is 16.4 Å². The fourth-order valence-corrected chi connectivity index (χ4v) is 7.67. The molecule has 2 aromatic heterocycles. The van der Waals surface area contributed by atoms with Crippen molar-refractivity contribution in [3.8, 4) is 11.1 Å². The van der Waals surface area contributed by atoms with E-state index in [0.29, 0.717) is 0 Å². The molecule has 3 heteroatoms. The molecule has 0 unspecified atom stereocenters. The first-order chi connectivity index (χ1) is 21.3. The highest BCUT2D eigenvalue weighted by Gasteiger charge is 2.23. The Hall–Kier alpha value is -5.38. The van der Waals surface area contributed by atoms with Crippen molar-refractivity contribution in [3.05, 3.63) is 152 Å². The van der Waals surface area contributed by atoms with E-state index in [1.165, 1.54) is 42.1 Å². The fraction of sp³-hybridized carbons (Fsp3) is 0. The SMILES string of the molecule is c1ccc(-c2ccc(N(c3cc4oc5ccccc5c4c4ccccc34)c3cccc4sc5ccccc5c34)cc2)cc1. The summed E-state index contributed by atoms with van der Waals surface area (Å²) in [5.74, 6) is 0. The molecule has 0 saturated carbocycles. The van der Waals surface area contributed by atoms with Crippen molar-refractivity contribution in [2.45, 2.75) is 0 Å². The van der Waals surface area contributed by atoms with Gasteiger partial charge >= 0.3 is 0 Å². The molecule has 9 rings (SSSR count). The van der Waals surface area contributed by atoms with Gasteiger partial charge in [0, 0.05) is 48.1 Å². The fourth-order valence-electron chi connectivity index (χ4n) is 6.54. The Morgan fingerprint density at radius 3 is 1.91 bits per heavy atom. The third kappa shape index (κ3) is 3.79. The van der Waals surface area contributed by atoms with Crippen molar-refractivity contribution in [3.63, 3.8) is 0 Å². The smallest absolute Gasteiger partial charge is 0.138 e. The molecular weight excluding hydrogens is 543 g/mol. The summed E-state index contributed by atoms with van der Waals surface area (Å²) in [4.78, 5) is 2.42. The number of hydrogen-bond acceptors (Lipinski definition) is 3. The second-order valence-corrected chi connectivity index (χ2v) is 12.0. The molecule has 0 bridgehead atoms. The second kappa shape index (κ2) is 9.59. The molecule has 9 aromatic rings. The Balaban J connectivity index is 1.37. The zero-order chi connectivity index (χ0) is 28.3. The number of nitrogens with zero attached hydrogens (tertiary/aromatic N) is 1. The van der Waals surface area contributed by atoms with Crippen LogP contribution in [0.2, 0.25) is 0 Å². The summed E-state index contributed by atoms with van der Waals surface area (Å²) in [5, 5.41) is 7.22. The number of anilines is 3. The van der Waals surface area contributed by atoms with E-state index in [1.54, 1.807) is 0 Å². The molecule has 0 aliphatic heterocycles. The molecule has 0 amide bonds. The first kappa shape index (κ1) is 24.2. The van der Waals surface area contributed by atoms with Gasteiger partial charge < -0.3 is 9.32 Å². The number of benzene rings is 7. The maximum atomic E-state index is 6.52. The Morgan fingerprint density at radius 1 is 0.419 bits per heavy atom. The van der Waals surface area contributed by atoms with E-state index in [0.717, 1.165) is 39.0 Å². The maximum absolute atomic E-state index is 6.52. The maximum Gasteiger partial charge on any atom is 0.138 e. The third-order valence-corrected chi connectivity index (χ3v) is 9.59. The van der Waals surface area contributed by atoms with E-state index in [9.17, 15) is 0 Å². The third-order valence-electron chi connectivity index (χ3n) is 8.46. The van der Waals surface area contributed by atoms with Crippen LogP contribution < -0.4 is 4.90 Å². The van der Waals surface area contributed by atoms with Crippen molar-refractivity contribution in [2.75, 3.05) is 4.90 Å². The van der Waals surface area contributed by atoms with Gasteiger partial charge in [0.2, 0.25) is 0 Å². The highest BCUT2D eigenvalue weighted by Crippen LogP contribution is 2.48. The van der Waals surface area contributed by atoms with Crippen molar-refractivity contribution in [2.24, 2.45) is 0 Å². The summed E-state index contributed by atoms with van der Waals surface area (Å²) in [6.07, 6.45) is 0. The molecule has 202 valence electrons. The molecule has 0 N–H and O–H groups in total. The predicted molar refractivity (Wildman–Crippen MR) is 184 cm³/mol. The van der Waals surface area contributed by atoms with Crippen LogP contribution in [0.1, 0.15) is 0 Å². The average Bonchev–Trinajstić information content (AvgIpc) is 3.64. The van der Waals surface area contributed by atoms with Crippen molar-refractivity contribution in [1.29, 1.82) is 0 Å². The average molecular weight is 568 g/mol. The van der Waals surface area contributed by atoms with Crippen LogP contribution in [0.4, 0.5) is 17.1 Å². The zero-order valence-electron chi connectivity index (χ0n) is 23.2. The van der Waals surface area contributed by atoms with Gasteiger partial charge in [-0.1, -0.05) is 109 Å². The standard InChI is InChI=1S/C40H25NOS/c1-2-11-26(12-3-1)27-21-23-28(24-22-27)41(33-17-10-20-38-40(33)32-16-7-9-19-37(32)43-38)34-25-36-39(30-14-5-4-13-29(30)34)31-15-6-8-18-35(31)42-36/h1-25H. The Kier molecular flexibility index (Phi) is 5.40. The van der Waals surface area contributed by atoms with Gasteiger partial charge in [-0.05, 0) is 52.9 Å². The molecule has 0 saturated heterocycles. The number of furan rings is 1. The molecule has 2 heterocycles. The van der Waals surface area contributed by atoms with E-state index in [-0.39, 0.29) is 0 Å². The van der Waals surface area contributed by atoms with Crippen LogP contribution in [0.25, 0.3) is 64.0 Å². The van der Waals surface area contributed by atoms with Crippen molar-refractivity contribution < 1.29 is 4.42 Å². The van der Waals surface area contributed by atoms with Crippen LogP contribution >= 0.6 is 11.3 Å². The monoisotopic (exact) mass is 567 g/mol. The summed E-state index contributed by atoms with van der Waals surface area (Å²) in [6, 6.07) is 54.2. The summed E-state index contributed by atoms with van der Waals surface area (Å²) >= 11 is 1.85. The van der Waals surface area contributed by atoms with Gasteiger partial charge in [0.05, 0.1) is 11.4 Å². The Bertz CT molecular complexity index is 2450.